The summed E-state index contributed by atoms with van der Waals surface area (Å²) in [5, 5.41) is 0. The maximum absolute atomic E-state index is 12.2. The molecule has 0 bridgehead atoms. The molecule has 2 rings (SSSR count). The molecule has 0 spiro atoms. The molecule has 2 fully saturated rings. The van der Waals surface area contributed by atoms with E-state index < -0.39 is 8.25 Å². The Morgan fingerprint density at radius 1 is 0.850 bits per heavy atom. The van der Waals surface area contributed by atoms with Crippen LogP contribution in [0.3, 0.4) is 0 Å². The summed E-state index contributed by atoms with van der Waals surface area (Å²) >= 11 is 0. The third-order valence-corrected chi connectivity index (χ3v) is 5.19. The van der Waals surface area contributed by atoms with Gasteiger partial charge in [0.05, 0.1) is 0 Å². The maximum atomic E-state index is 12.2. The maximum Gasteiger partial charge on any atom is 0.322 e. The van der Waals surface area contributed by atoms with Crippen molar-refractivity contribution >= 4 is 8.25 Å². The van der Waals surface area contributed by atoms with Gasteiger partial charge in [-0.25, -0.2) is 0 Å². The second kappa shape index (κ2) is 8.50. The summed E-state index contributed by atoms with van der Waals surface area (Å²) in [5.41, 5.74) is 0. The zero-order valence-corrected chi connectivity index (χ0v) is 13.8. The van der Waals surface area contributed by atoms with E-state index in [1.807, 2.05) is 0 Å². The molecule has 0 aromatic heterocycles. The highest BCUT2D eigenvalue weighted by molar-refractivity contribution is 7.33. The minimum atomic E-state index is -2.42. The number of nitrogens with zero attached hydrogens (tertiary/aromatic N) is 2. The zero-order chi connectivity index (χ0) is 14.4. The van der Waals surface area contributed by atoms with Crippen LogP contribution in [-0.4, -0.2) is 48.4 Å². The third kappa shape index (κ3) is 4.54. The Hall–Kier alpha value is 0.0700. The predicted molar refractivity (Wildman–Crippen MR) is 80.9 cm³/mol. The summed E-state index contributed by atoms with van der Waals surface area (Å²) in [7, 11) is -2.42. The van der Waals surface area contributed by atoms with Crippen molar-refractivity contribution in [2.75, 3.05) is 26.2 Å². The smallest absolute Gasteiger partial charge is 0.291 e. The Balaban J connectivity index is 1.80. The van der Waals surface area contributed by atoms with Crippen molar-refractivity contribution in [1.29, 1.82) is 0 Å². The Morgan fingerprint density at radius 3 is 1.50 bits per heavy atom. The van der Waals surface area contributed by atoms with Crippen LogP contribution in [0.1, 0.15) is 52.4 Å². The minimum Gasteiger partial charge on any atom is -0.291 e. The van der Waals surface area contributed by atoms with Crippen molar-refractivity contribution < 1.29 is 13.6 Å². The fourth-order valence-corrected chi connectivity index (χ4v) is 4.27. The highest BCUT2D eigenvalue weighted by Crippen LogP contribution is 2.33. The first kappa shape index (κ1) is 16.4. The molecule has 0 saturated carbocycles. The SMILES string of the molecule is CCC(O[PH](=O)OC(CC)N1CCCC1)N1CCCC1. The highest BCUT2D eigenvalue weighted by Gasteiger charge is 2.26. The summed E-state index contributed by atoms with van der Waals surface area (Å²) < 4.78 is 23.6. The Labute approximate surface area is 123 Å². The molecule has 2 heterocycles. The lowest BCUT2D eigenvalue weighted by Gasteiger charge is -2.29. The molecule has 2 atom stereocenters. The number of hydrogen-bond acceptors (Lipinski definition) is 5. The molecular weight excluding hydrogens is 275 g/mol. The molecule has 0 aromatic rings. The molecule has 5 nitrogen and oxygen atoms in total. The second-order valence-electron chi connectivity index (χ2n) is 5.70. The summed E-state index contributed by atoms with van der Waals surface area (Å²) in [4.78, 5) is 4.56. The lowest BCUT2D eigenvalue weighted by molar-refractivity contribution is -0.00518. The van der Waals surface area contributed by atoms with Gasteiger partial charge < -0.3 is 0 Å². The molecule has 6 heteroatoms. The minimum absolute atomic E-state index is 0.0417. The van der Waals surface area contributed by atoms with E-state index in [2.05, 4.69) is 23.6 Å². The Morgan fingerprint density at radius 2 is 1.20 bits per heavy atom. The quantitative estimate of drug-likeness (QED) is 0.645. The fourth-order valence-electron chi connectivity index (χ4n) is 3.14. The van der Waals surface area contributed by atoms with Crippen LogP contribution in [0.5, 0.6) is 0 Å². The Kier molecular flexibility index (Phi) is 6.99. The normalized spacial score (nSPS) is 25.9. The Bertz CT molecular complexity index is 277. The van der Waals surface area contributed by atoms with Crippen LogP contribution in [0.2, 0.25) is 0 Å². The van der Waals surface area contributed by atoms with Crippen molar-refractivity contribution in [3.05, 3.63) is 0 Å². The lowest BCUT2D eigenvalue weighted by atomic mass is 10.4. The van der Waals surface area contributed by atoms with Crippen molar-refractivity contribution in [3.8, 4) is 0 Å². The van der Waals surface area contributed by atoms with E-state index in [1.165, 1.54) is 25.7 Å². The van der Waals surface area contributed by atoms with E-state index in [9.17, 15) is 4.57 Å². The van der Waals surface area contributed by atoms with Gasteiger partial charge >= 0.3 is 8.25 Å². The van der Waals surface area contributed by atoms with E-state index >= 15 is 0 Å². The van der Waals surface area contributed by atoms with Crippen LogP contribution in [0, 0.1) is 0 Å². The molecule has 0 N–H and O–H groups in total. The van der Waals surface area contributed by atoms with E-state index in [1.54, 1.807) is 0 Å². The predicted octanol–water partition coefficient (Wildman–Crippen LogP) is 3.07. The molecule has 2 aliphatic rings. The highest BCUT2D eigenvalue weighted by atomic mass is 31.1. The van der Waals surface area contributed by atoms with E-state index in [0.717, 1.165) is 39.0 Å². The molecule has 20 heavy (non-hydrogen) atoms. The van der Waals surface area contributed by atoms with Crippen LogP contribution in [0.4, 0.5) is 0 Å². The van der Waals surface area contributed by atoms with Crippen molar-refractivity contribution in [3.63, 3.8) is 0 Å². The van der Waals surface area contributed by atoms with Gasteiger partial charge in [0.15, 0.2) is 0 Å². The largest absolute Gasteiger partial charge is 0.322 e. The van der Waals surface area contributed by atoms with E-state index in [4.69, 9.17) is 9.05 Å². The first-order valence-corrected chi connectivity index (χ1v) is 9.32. The van der Waals surface area contributed by atoms with Crippen LogP contribution >= 0.6 is 8.25 Å². The van der Waals surface area contributed by atoms with Crippen molar-refractivity contribution in [1.82, 2.24) is 9.80 Å². The molecule has 2 saturated heterocycles. The van der Waals surface area contributed by atoms with Crippen LogP contribution in [0.15, 0.2) is 0 Å². The molecule has 0 aliphatic carbocycles. The van der Waals surface area contributed by atoms with Gasteiger partial charge in [0.25, 0.3) is 0 Å². The first-order valence-electron chi connectivity index (χ1n) is 8.10. The van der Waals surface area contributed by atoms with Gasteiger partial charge in [-0.15, -0.1) is 0 Å². The third-order valence-electron chi connectivity index (χ3n) is 4.26. The molecule has 2 unspecified atom stereocenters. The number of likely N-dealkylation sites (tertiary alicyclic amines) is 2. The van der Waals surface area contributed by atoms with Crippen molar-refractivity contribution in [2.24, 2.45) is 0 Å². The van der Waals surface area contributed by atoms with Gasteiger partial charge in [-0.3, -0.25) is 23.4 Å². The molecule has 2 aliphatic heterocycles. The fraction of sp³-hybridized carbons (Fsp3) is 1.00. The summed E-state index contributed by atoms with van der Waals surface area (Å²) in [6, 6.07) is 0. The average Bonchev–Trinajstić information content (AvgIpc) is 3.14. The molecule has 0 amide bonds. The van der Waals surface area contributed by atoms with Gasteiger partial charge in [-0.05, 0) is 38.5 Å². The molecule has 0 radical (unpaired) electrons. The number of hydrogen-bond donors (Lipinski definition) is 0. The molecule has 118 valence electrons. The van der Waals surface area contributed by atoms with Crippen molar-refractivity contribution in [2.45, 2.75) is 64.8 Å². The van der Waals surface area contributed by atoms with Crippen LogP contribution in [0.25, 0.3) is 0 Å². The lowest BCUT2D eigenvalue weighted by Crippen LogP contribution is -2.35. The topological polar surface area (TPSA) is 42.0 Å². The monoisotopic (exact) mass is 304 g/mol. The zero-order valence-electron chi connectivity index (χ0n) is 12.8. The average molecular weight is 304 g/mol. The summed E-state index contributed by atoms with van der Waals surface area (Å²) in [6.07, 6.45) is 6.50. The number of rotatable bonds is 8. The first-order chi connectivity index (χ1) is 9.74. The van der Waals surface area contributed by atoms with E-state index in [-0.39, 0.29) is 12.5 Å². The standard InChI is InChI=1S/C14H29N2O3P/c1-3-13(15-9-5-6-10-15)18-20(17)19-14(4-2)16-11-7-8-12-16/h13-14,20H,3-12H2,1-2H3. The summed E-state index contributed by atoms with van der Waals surface area (Å²) in [5.74, 6) is 0. The van der Waals surface area contributed by atoms with Gasteiger partial charge in [-0.1, -0.05) is 13.8 Å². The van der Waals surface area contributed by atoms with Crippen LogP contribution < -0.4 is 0 Å². The van der Waals surface area contributed by atoms with Gasteiger partial charge in [0.2, 0.25) is 0 Å². The molecule has 0 aromatic carbocycles. The van der Waals surface area contributed by atoms with Crippen LogP contribution in [-0.2, 0) is 13.6 Å². The van der Waals surface area contributed by atoms with Gasteiger partial charge in [0, 0.05) is 26.2 Å². The second-order valence-corrected chi connectivity index (χ2v) is 6.67. The summed E-state index contributed by atoms with van der Waals surface area (Å²) in [6.45, 7) is 8.37. The van der Waals surface area contributed by atoms with E-state index in [0.29, 0.717) is 0 Å². The van der Waals surface area contributed by atoms with Gasteiger partial charge in [0.1, 0.15) is 12.5 Å². The molecular formula is C14H29N2O3P. The van der Waals surface area contributed by atoms with Gasteiger partial charge in [-0.2, -0.15) is 0 Å².